The number of hydrogen-bond donors (Lipinski definition) is 3. The number of carboxylic acid groups (broad SMARTS) is 1. The van der Waals surface area contributed by atoms with Gasteiger partial charge in [0, 0.05) is 30.4 Å². The Bertz CT molecular complexity index is 610. The zero-order chi connectivity index (χ0) is 19.3. The topological polar surface area (TPSA) is 106 Å². The van der Waals surface area contributed by atoms with Gasteiger partial charge in [0.2, 0.25) is 0 Å². The molecule has 0 spiro atoms. The van der Waals surface area contributed by atoms with Crippen LogP contribution in [0.15, 0.2) is 18.3 Å². The van der Waals surface area contributed by atoms with Gasteiger partial charge in [-0.15, -0.1) is 24.8 Å². The molecule has 1 aromatic rings. The first-order valence-corrected chi connectivity index (χ1v) is 9.53. The van der Waals surface area contributed by atoms with E-state index in [1.165, 1.54) is 0 Å². The summed E-state index contributed by atoms with van der Waals surface area (Å²) in [6.45, 7) is 6.15. The highest BCUT2D eigenvalue weighted by Gasteiger charge is 2.43. The Morgan fingerprint density at radius 2 is 1.93 bits per heavy atom. The highest BCUT2D eigenvalue weighted by molar-refractivity contribution is 5.85. The summed E-state index contributed by atoms with van der Waals surface area (Å²) in [5, 5.41) is 20.2. The standard InChI is InChI=1S/C20H32N2O4.2ClH/c1-13(2)10-18(21)20(25,19(23)24)12-15-11-17(8-9-22-15)26-16-6-4-14(3)5-7-16;;/h8-9,11,13-14,16,18,25H,4-7,10,12,21H2,1-3H3,(H,23,24);2*1H/t14?,16?,18-,20-;;/m0../s1. The maximum atomic E-state index is 11.7. The molecule has 1 fully saturated rings. The third kappa shape index (κ3) is 7.39. The van der Waals surface area contributed by atoms with E-state index in [2.05, 4.69) is 11.9 Å². The molecule has 8 heteroatoms. The zero-order valence-electron chi connectivity index (χ0n) is 16.8. The van der Waals surface area contributed by atoms with Crippen molar-refractivity contribution >= 4 is 30.8 Å². The third-order valence-electron chi connectivity index (χ3n) is 5.21. The van der Waals surface area contributed by atoms with Crippen LogP contribution in [0.25, 0.3) is 0 Å². The first-order valence-electron chi connectivity index (χ1n) is 9.53. The summed E-state index contributed by atoms with van der Waals surface area (Å²) in [5.74, 6) is 0.280. The molecule has 0 radical (unpaired) electrons. The van der Waals surface area contributed by atoms with Gasteiger partial charge in [0.25, 0.3) is 0 Å². The monoisotopic (exact) mass is 436 g/mol. The normalized spacial score (nSPS) is 22.4. The molecule has 0 aliphatic heterocycles. The van der Waals surface area contributed by atoms with Crippen molar-refractivity contribution in [2.45, 2.75) is 77.0 Å². The van der Waals surface area contributed by atoms with Crippen molar-refractivity contribution in [2.24, 2.45) is 17.6 Å². The molecule has 1 aliphatic carbocycles. The Hall–Kier alpha value is -1.08. The van der Waals surface area contributed by atoms with Crippen LogP contribution in [-0.2, 0) is 11.2 Å². The molecule has 4 N–H and O–H groups in total. The Morgan fingerprint density at radius 1 is 1.32 bits per heavy atom. The average molecular weight is 437 g/mol. The number of nitrogens with two attached hydrogens (primary N) is 1. The molecule has 0 saturated heterocycles. The summed E-state index contributed by atoms with van der Waals surface area (Å²) in [6.07, 6.45) is 6.41. The lowest BCUT2D eigenvalue weighted by molar-refractivity contribution is -0.161. The van der Waals surface area contributed by atoms with E-state index in [9.17, 15) is 15.0 Å². The fourth-order valence-corrected chi connectivity index (χ4v) is 3.51. The summed E-state index contributed by atoms with van der Waals surface area (Å²) in [7, 11) is 0. The van der Waals surface area contributed by atoms with Crippen LogP contribution in [0.5, 0.6) is 5.75 Å². The quantitative estimate of drug-likeness (QED) is 0.574. The molecule has 0 aromatic carbocycles. The van der Waals surface area contributed by atoms with Crippen molar-refractivity contribution in [1.29, 1.82) is 0 Å². The van der Waals surface area contributed by atoms with Gasteiger partial charge in [0.15, 0.2) is 5.60 Å². The second kappa shape index (κ2) is 11.8. The zero-order valence-corrected chi connectivity index (χ0v) is 18.5. The number of ether oxygens (including phenoxy) is 1. The van der Waals surface area contributed by atoms with Crippen molar-refractivity contribution in [3.05, 3.63) is 24.0 Å². The molecule has 162 valence electrons. The third-order valence-corrected chi connectivity index (χ3v) is 5.21. The molecular weight excluding hydrogens is 403 g/mol. The van der Waals surface area contributed by atoms with Crippen molar-refractivity contribution in [3.63, 3.8) is 0 Å². The van der Waals surface area contributed by atoms with E-state index in [1.807, 2.05) is 13.8 Å². The second-order valence-electron chi connectivity index (χ2n) is 8.12. The number of carboxylic acids is 1. The Labute approximate surface area is 180 Å². The van der Waals surface area contributed by atoms with Crippen molar-refractivity contribution in [2.75, 3.05) is 0 Å². The van der Waals surface area contributed by atoms with E-state index in [4.69, 9.17) is 10.5 Å². The number of pyridine rings is 1. The largest absolute Gasteiger partial charge is 0.490 e. The predicted octanol–water partition coefficient (Wildman–Crippen LogP) is 3.61. The van der Waals surface area contributed by atoms with E-state index >= 15 is 0 Å². The van der Waals surface area contributed by atoms with Crippen molar-refractivity contribution < 1.29 is 19.7 Å². The Morgan fingerprint density at radius 3 is 2.46 bits per heavy atom. The fraction of sp³-hybridized carbons (Fsp3) is 0.700. The van der Waals surface area contributed by atoms with Crippen LogP contribution >= 0.6 is 24.8 Å². The lowest BCUT2D eigenvalue weighted by Crippen LogP contribution is -2.56. The summed E-state index contributed by atoms with van der Waals surface area (Å²) in [4.78, 5) is 15.9. The lowest BCUT2D eigenvalue weighted by Gasteiger charge is -2.31. The van der Waals surface area contributed by atoms with Gasteiger partial charge in [-0.1, -0.05) is 20.8 Å². The van der Waals surface area contributed by atoms with Crippen molar-refractivity contribution in [3.8, 4) is 5.75 Å². The minimum atomic E-state index is -2.05. The van der Waals surface area contributed by atoms with Gasteiger partial charge in [-0.25, -0.2) is 4.79 Å². The maximum absolute atomic E-state index is 11.7. The Kier molecular flexibility index (Phi) is 11.4. The molecule has 0 bridgehead atoms. The van der Waals surface area contributed by atoms with Gasteiger partial charge in [-0.2, -0.15) is 0 Å². The SMILES string of the molecule is CC(C)C[C@H](N)[C@@](O)(Cc1cc(OC2CCC(C)CC2)ccn1)C(=O)O.Cl.Cl. The number of aliphatic hydroxyl groups is 1. The van der Waals surface area contributed by atoms with Gasteiger partial charge in [0.1, 0.15) is 5.75 Å². The summed E-state index contributed by atoms with van der Waals surface area (Å²) < 4.78 is 6.04. The summed E-state index contributed by atoms with van der Waals surface area (Å²) >= 11 is 0. The predicted molar refractivity (Wildman–Crippen MR) is 115 cm³/mol. The van der Waals surface area contributed by atoms with Crippen LogP contribution in [-0.4, -0.2) is 38.9 Å². The van der Waals surface area contributed by atoms with E-state index < -0.39 is 17.6 Å². The number of carbonyl (C=O) groups is 1. The molecule has 1 aromatic heterocycles. The fourth-order valence-electron chi connectivity index (χ4n) is 3.51. The van der Waals surface area contributed by atoms with E-state index in [1.54, 1.807) is 18.3 Å². The molecule has 2 rings (SSSR count). The molecule has 1 aliphatic rings. The molecule has 0 unspecified atom stereocenters. The van der Waals surface area contributed by atoms with Gasteiger partial charge in [-0.3, -0.25) is 4.98 Å². The number of halogens is 2. The van der Waals surface area contributed by atoms with E-state index in [0.717, 1.165) is 31.6 Å². The van der Waals surface area contributed by atoms with E-state index in [0.29, 0.717) is 17.9 Å². The summed E-state index contributed by atoms with van der Waals surface area (Å²) in [5.41, 5.74) is 4.44. The van der Waals surface area contributed by atoms with Crippen LogP contribution in [0, 0.1) is 11.8 Å². The lowest BCUT2D eigenvalue weighted by atomic mass is 9.84. The highest BCUT2D eigenvalue weighted by atomic mass is 35.5. The van der Waals surface area contributed by atoms with Crippen LogP contribution < -0.4 is 10.5 Å². The molecule has 6 nitrogen and oxygen atoms in total. The minimum absolute atomic E-state index is 0. The minimum Gasteiger partial charge on any atom is -0.490 e. The molecule has 28 heavy (non-hydrogen) atoms. The molecular formula is C20H34Cl2N2O4. The second-order valence-corrected chi connectivity index (χ2v) is 8.12. The van der Waals surface area contributed by atoms with Crippen LogP contribution in [0.4, 0.5) is 0 Å². The Balaban J connectivity index is 0.00000364. The highest BCUT2D eigenvalue weighted by Crippen LogP contribution is 2.28. The number of aliphatic carboxylic acids is 1. The van der Waals surface area contributed by atoms with Gasteiger partial charge >= 0.3 is 5.97 Å². The maximum Gasteiger partial charge on any atom is 0.337 e. The van der Waals surface area contributed by atoms with Crippen molar-refractivity contribution in [1.82, 2.24) is 4.98 Å². The average Bonchev–Trinajstić information content (AvgIpc) is 2.56. The first-order chi connectivity index (χ1) is 12.2. The smallest absolute Gasteiger partial charge is 0.337 e. The number of rotatable bonds is 8. The van der Waals surface area contributed by atoms with Crippen LogP contribution in [0.3, 0.4) is 0 Å². The first kappa shape index (κ1) is 26.9. The molecule has 1 saturated carbocycles. The van der Waals surface area contributed by atoms with Gasteiger partial charge in [-0.05, 0) is 50.0 Å². The van der Waals surface area contributed by atoms with E-state index in [-0.39, 0.29) is 43.3 Å². The summed E-state index contributed by atoms with van der Waals surface area (Å²) in [6, 6.07) is 2.62. The molecule has 1 heterocycles. The number of hydrogen-bond acceptors (Lipinski definition) is 5. The van der Waals surface area contributed by atoms with Gasteiger partial charge in [0.05, 0.1) is 6.10 Å². The molecule has 2 atom stereocenters. The number of nitrogens with zero attached hydrogens (tertiary/aromatic N) is 1. The van der Waals surface area contributed by atoms with Gasteiger partial charge < -0.3 is 20.7 Å². The van der Waals surface area contributed by atoms with Crippen LogP contribution in [0.1, 0.15) is 58.6 Å². The number of aromatic nitrogens is 1. The van der Waals surface area contributed by atoms with Crippen LogP contribution in [0.2, 0.25) is 0 Å². The molecule has 0 amide bonds.